The number of hydrogen-bond donors (Lipinski definition) is 2. The molecular formula is C27H28N2O5. The molecule has 0 bridgehead atoms. The van der Waals surface area contributed by atoms with Crippen molar-refractivity contribution >= 4 is 18.0 Å². The van der Waals surface area contributed by atoms with E-state index in [0.29, 0.717) is 6.42 Å². The summed E-state index contributed by atoms with van der Waals surface area (Å²) in [5.41, 5.74) is 2.62. The second-order valence-electron chi connectivity index (χ2n) is 7.64. The van der Waals surface area contributed by atoms with Crippen LogP contribution in [-0.4, -0.2) is 30.6 Å². The summed E-state index contributed by atoms with van der Waals surface area (Å²) in [6.07, 6.45) is -0.315. The molecule has 1 unspecified atom stereocenters. The van der Waals surface area contributed by atoms with Gasteiger partial charge in [0.1, 0.15) is 19.3 Å². The Bertz CT molecular complexity index is 1040. The van der Waals surface area contributed by atoms with E-state index in [9.17, 15) is 14.4 Å². The van der Waals surface area contributed by atoms with Gasteiger partial charge in [0.2, 0.25) is 5.91 Å². The van der Waals surface area contributed by atoms with Crippen molar-refractivity contribution in [3.05, 3.63) is 108 Å². The SMILES string of the molecule is O=C(CCNC(=O)OCc1ccccc1)NC(Cc1ccccc1)C(=O)OCc1ccccc1. The fourth-order valence-corrected chi connectivity index (χ4v) is 3.19. The Morgan fingerprint density at radius 3 is 1.74 bits per heavy atom. The highest BCUT2D eigenvalue weighted by atomic mass is 16.5. The molecule has 7 nitrogen and oxygen atoms in total. The molecule has 34 heavy (non-hydrogen) atoms. The average Bonchev–Trinajstić information content (AvgIpc) is 2.87. The number of esters is 1. The Hall–Kier alpha value is -4.13. The lowest BCUT2D eigenvalue weighted by molar-refractivity contribution is -0.149. The van der Waals surface area contributed by atoms with Crippen LogP contribution in [0.5, 0.6) is 0 Å². The largest absolute Gasteiger partial charge is 0.459 e. The molecule has 0 aromatic heterocycles. The van der Waals surface area contributed by atoms with Crippen molar-refractivity contribution in [3.8, 4) is 0 Å². The van der Waals surface area contributed by atoms with Gasteiger partial charge < -0.3 is 20.1 Å². The standard InChI is InChI=1S/C27H28N2O5/c30-25(16-17-28-27(32)34-20-23-14-8-3-9-15-23)29-24(18-21-10-4-1-5-11-21)26(31)33-19-22-12-6-2-7-13-22/h1-15,24H,16-20H2,(H,28,32)(H,29,30). The molecule has 0 radical (unpaired) electrons. The van der Waals surface area contributed by atoms with Gasteiger partial charge in [0.25, 0.3) is 0 Å². The van der Waals surface area contributed by atoms with Crippen LogP contribution in [0.25, 0.3) is 0 Å². The third-order valence-electron chi connectivity index (χ3n) is 4.96. The Kier molecular flexibility index (Phi) is 9.68. The molecule has 0 saturated heterocycles. The van der Waals surface area contributed by atoms with Crippen LogP contribution in [0.1, 0.15) is 23.1 Å². The molecule has 0 heterocycles. The minimum atomic E-state index is -0.844. The van der Waals surface area contributed by atoms with E-state index in [2.05, 4.69) is 10.6 Å². The van der Waals surface area contributed by atoms with Crippen molar-refractivity contribution < 1.29 is 23.9 Å². The highest BCUT2D eigenvalue weighted by Crippen LogP contribution is 2.08. The van der Waals surface area contributed by atoms with Crippen LogP contribution in [0.3, 0.4) is 0 Å². The van der Waals surface area contributed by atoms with E-state index in [4.69, 9.17) is 9.47 Å². The normalized spacial score (nSPS) is 11.2. The summed E-state index contributed by atoms with van der Waals surface area (Å²) in [5.74, 6) is -0.891. The number of nitrogens with one attached hydrogen (secondary N) is 2. The number of hydrogen-bond acceptors (Lipinski definition) is 5. The van der Waals surface area contributed by atoms with Crippen molar-refractivity contribution in [3.63, 3.8) is 0 Å². The molecule has 0 saturated carbocycles. The smallest absolute Gasteiger partial charge is 0.407 e. The molecule has 3 aromatic carbocycles. The summed E-state index contributed by atoms with van der Waals surface area (Å²) in [7, 11) is 0. The third-order valence-corrected chi connectivity index (χ3v) is 4.96. The first-order valence-corrected chi connectivity index (χ1v) is 11.1. The zero-order valence-electron chi connectivity index (χ0n) is 18.8. The quantitative estimate of drug-likeness (QED) is 0.425. The molecule has 0 fully saturated rings. The highest BCUT2D eigenvalue weighted by Gasteiger charge is 2.23. The van der Waals surface area contributed by atoms with Gasteiger partial charge in [-0.1, -0.05) is 91.0 Å². The maximum atomic E-state index is 12.7. The Balaban J connectivity index is 1.46. The minimum Gasteiger partial charge on any atom is -0.459 e. The molecule has 0 spiro atoms. The van der Waals surface area contributed by atoms with Crippen molar-refractivity contribution in [2.75, 3.05) is 6.54 Å². The fourth-order valence-electron chi connectivity index (χ4n) is 3.19. The van der Waals surface area contributed by atoms with Crippen molar-refractivity contribution in [2.45, 2.75) is 32.1 Å². The van der Waals surface area contributed by atoms with E-state index >= 15 is 0 Å². The topological polar surface area (TPSA) is 93.7 Å². The first-order chi connectivity index (χ1) is 16.6. The summed E-state index contributed by atoms with van der Waals surface area (Å²) < 4.78 is 10.6. The molecule has 3 aromatic rings. The predicted molar refractivity (Wildman–Crippen MR) is 128 cm³/mol. The molecular weight excluding hydrogens is 432 g/mol. The summed E-state index contributed by atoms with van der Waals surface area (Å²) in [5, 5.41) is 5.27. The lowest BCUT2D eigenvalue weighted by Gasteiger charge is -2.18. The van der Waals surface area contributed by atoms with E-state index in [-0.39, 0.29) is 32.1 Å². The summed E-state index contributed by atoms with van der Waals surface area (Å²) >= 11 is 0. The van der Waals surface area contributed by atoms with Gasteiger partial charge in [-0.05, 0) is 16.7 Å². The first-order valence-electron chi connectivity index (χ1n) is 11.1. The monoisotopic (exact) mass is 460 g/mol. The van der Waals surface area contributed by atoms with Gasteiger partial charge in [-0.25, -0.2) is 9.59 Å². The van der Waals surface area contributed by atoms with Crippen LogP contribution in [-0.2, 0) is 38.7 Å². The molecule has 3 rings (SSSR count). The maximum absolute atomic E-state index is 12.7. The van der Waals surface area contributed by atoms with E-state index < -0.39 is 18.1 Å². The predicted octanol–water partition coefficient (Wildman–Crippen LogP) is 3.77. The van der Waals surface area contributed by atoms with Gasteiger partial charge in [-0.15, -0.1) is 0 Å². The first kappa shape index (κ1) is 24.5. The van der Waals surface area contributed by atoms with Gasteiger partial charge in [-0.2, -0.15) is 0 Å². The lowest BCUT2D eigenvalue weighted by atomic mass is 10.1. The van der Waals surface area contributed by atoms with Crippen LogP contribution >= 0.6 is 0 Å². The molecule has 0 aliphatic carbocycles. The van der Waals surface area contributed by atoms with Crippen LogP contribution in [0.15, 0.2) is 91.0 Å². The van der Waals surface area contributed by atoms with E-state index in [0.717, 1.165) is 16.7 Å². The average molecular weight is 461 g/mol. The van der Waals surface area contributed by atoms with Gasteiger partial charge in [0.05, 0.1) is 0 Å². The fraction of sp³-hybridized carbons (Fsp3) is 0.222. The number of amides is 2. The van der Waals surface area contributed by atoms with Gasteiger partial charge in [0.15, 0.2) is 0 Å². The lowest BCUT2D eigenvalue weighted by Crippen LogP contribution is -2.44. The number of alkyl carbamates (subject to hydrolysis) is 1. The molecule has 1 atom stereocenters. The van der Waals surface area contributed by atoms with E-state index in [1.165, 1.54) is 0 Å². The van der Waals surface area contributed by atoms with Crippen LogP contribution in [0.4, 0.5) is 4.79 Å². The van der Waals surface area contributed by atoms with Crippen molar-refractivity contribution in [1.82, 2.24) is 10.6 Å². The van der Waals surface area contributed by atoms with Crippen molar-refractivity contribution in [1.29, 1.82) is 0 Å². The Labute approximate surface area is 199 Å². The van der Waals surface area contributed by atoms with Crippen LogP contribution < -0.4 is 10.6 Å². The van der Waals surface area contributed by atoms with Crippen LogP contribution in [0, 0.1) is 0 Å². The number of rotatable bonds is 11. The third kappa shape index (κ3) is 8.78. The number of carbonyl (C=O) groups is 3. The zero-order chi connectivity index (χ0) is 24.0. The summed E-state index contributed by atoms with van der Waals surface area (Å²) in [6, 6.07) is 27.2. The number of ether oxygens (including phenoxy) is 2. The van der Waals surface area contributed by atoms with Gasteiger partial charge >= 0.3 is 12.1 Å². The number of benzene rings is 3. The molecule has 176 valence electrons. The molecule has 2 N–H and O–H groups in total. The molecule has 2 amide bonds. The Morgan fingerprint density at radius 2 is 1.18 bits per heavy atom. The van der Waals surface area contributed by atoms with E-state index in [1.807, 2.05) is 91.0 Å². The summed E-state index contributed by atoms with van der Waals surface area (Å²) in [6.45, 7) is 0.345. The maximum Gasteiger partial charge on any atom is 0.407 e. The molecule has 7 heteroatoms. The Morgan fingerprint density at radius 1 is 0.676 bits per heavy atom. The van der Waals surface area contributed by atoms with Gasteiger partial charge in [0, 0.05) is 19.4 Å². The van der Waals surface area contributed by atoms with Gasteiger partial charge in [-0.3, -0.25) is 4.79 Å². The second-order valence-corrected chi connectivity index (χ2v) is 7.64. The number of carbonyl (C=O) groups excluding carboxylic acids is 3. The summed E-state index contributed by atoms with van der Waals surface area (Å²) in [4.78, 5) is 37.1. The second kappa shape index (κ2) is 13.4. The van der Waals surface area contributed by atoms with E-state index in [1.54, 1.807) is 0 Å². The minimum absolute atomic E-state index is 0.00229. The highest BCUT2D eigenvalue weighted by molar-refractivity contribution is 5.85. The van der Waals surface area contributed by atoms with Crippen LogP contribution in [0.2, 0.25) is 0 Å². The molecule has 0 aliphatic heterocycles. The van der Waals surface area contributed by atoms with Crippen molar-refractivity contribution in [2.24, 2.45) is 0 Å². The zero-order valence-corrected chi connectivity index (χ0v) is 18.8. The molecule has 0 aliphatic rings.